The molecule has 0 spiro atoms. The van der Waals surface area contributed by atoms with Crippen molar-refractivity contribution in [2.45, 2.75) is 24.8 Å². The lowest BCUT2D eigenvalue weighted by atomic mass is 10.2. The average Bonchev–Trinajstić information content (AvgIpc) is 3.02. The number of hydrogen-bond donors (Lipinski definition) is 1. The molecule has 17 heavy (non-hydrogen) atoms. The number of nitrogens with two attached hydrogens (primary N) is 1. The summed E-state index contributed by atoms with van der Waals surface area (Å²) in [4.78, 5) is 13.8. The third-order valence-electron chi connectivity index (χ3n) is 2.84. The van der Waals surface area contributed by atoms with Gasteiger partial charge in [0.25, 0.3) is 0 Å². The summed E-state index contributed by atoms with van der Waals surface area (Å²) in [5, 5.41) is 0. The number of methoxy groups -OCH3 is 2. The first-order valence-electron chi connectivity index (χ1n) is 5.70. The number of rotatable bonds is 8. The molecule has 1 rings (SSSR count). The van der Waals surface area contributed by atoms with Gasteiger partial charge < -0.3 is 20.1 Å². The topological polar surface area (TPSA) is 64.8 Å². The minimum atomic E-state index is -0.583. The molecule has 0 heterocycles. The summed E-state index contributed by atoms with van der Waals surface area (Å²) in [5.74, 6) is 0.0562. The fraction of sp³-hybridized carbons (Fsp3) is 0.909. The minimum absolute atomic E-state index is 0. The number of carbonyl (C=O) groups excluding carboxylic acids is 1. The average molecular weight is 267 g/mol. The van der Waals surface area contributed by atoms with Crippen molar-refractivity contribution in [1.82, 2.24) is 4.90 Å². The molecule has 0 saturated heterocycles. The van der Waals surface area contributed by atoms with Crippen LogP contribution >= 0.6 is 12.4 Å². The molecule has 1 fully saturated rings. The van der Waals surface area contributed by atoms with Crippen molar-refractivity contribution in [2.24, 2.45) is 5.73 Å². The van der Waals surface area contributed by atoms with Crippen LogP contribution < -0.4 is 5.73 Å². The van der Waals surface area contributed by atoms with Gasteiger partial charge in [-0.15, -0.1) is 12.4 Å². The molecule has 0 aromatic carbocycles. The summed E-state index contributed by atoms with van der Waals surface area (Å²) >= 11 is 0. The van der Waals surface area contributed by atoms with Crippen LogP contribution in [0.4, 0.5) is 0 Å². The van der Waals surface area contributed by atoms with Crippen LogP contribution in [-0.2, 0) is 14.3 Å². The van der Waals surface area contributed by atoms with E-state index in [0.717, 1.165) is 19.3 Å². The fourth-order valence-electron chi connectivity index (χ4n) is 1.58. The summed E-state index contributed by atoms with van der Waals surface area (Å²) in [6.07, 6.45) is 2.45. The molecule has 5 nitrogen and oxygen atoms in total. The number of nitrogens with zero attached hydrogens (tertiary/aromatic N) is 1. The van der Waals surface area contributed by atoms with E-state index in [9.17, 15) is 4.79 Å². The van der Waals surface area contributed by atoms with Crippen LogP contribution in [0.1, 0.15) is 19.3 Å². The highest BCUT2D eigenvalue weighted by atomic mass is 35.5. The molecule has 0 unspecified atom stereocenters. The Hall–Kier alpha value is -0.360. The second-order valence-electron chi connectivity index (χ2n) is 4.29. The van der Waals surface area contributed by atoms with Crippen molar-refractivity contribution in [1.29, 1.82) is 0 Å². The first kappa shape index (κ1) is 16.6. The summed E-state index contributed by atoms with van der Waals surface area (Å²) < 4.78 is 9.97. The molecular formula is C11H23ClN2O3. The molecule has 1 aliphatic rings. The van der Waals surface area contributed by atoms with Crippen LogP contribution in [0.15, 0.2) is 0 Å². The van der Waals surface area contributed by atoms with Gasteiger partial charge >= 0.3 is 0 Å². The van der Waals surface area contributed by atoms with Crippen molar-refractivity contribution in [3.05, 3.63) is 0 Å². The zero-order chi connectivity index (χ0) is 12.0. The molecule has 0 aromatic rings. The van der Waals surface area contributed by atoms with Crippen LogP contribution in [-0.4, -0.2) is 56.9 Å². The molecule has 1 amide bonds. The first-order valence-corrected chi connectivity index (χ1v) is 5.70. The van der Waals surface area contributed by atoms with Gasteiger partial charge in [0.2, 0.25) is 5.91 Å². The van der Waals surface area contributed by atoms with Gasteiger partial charge in [0.05, 0.1) is 12.1 Å². The van der Waals surface area contributed by atoms with Crippen molar-refractivity contribution in [3.8, 4) is 0 Å². The number of carbonyl (C=O) groups is 1. The Morgan fingerprint density at radius 1 is 1.24 bits per heavy atom. The highest BCUT2D eigenvalue weighted by Gasteiger charge is 2.47. The molecule has 0 bridgehead atoms. The molecule has 1 saturated carbocycles. The summed E-state index contributed by atoms with van der Waals surface area (Å²) in [5.41, 5.74) is 5.32. The Labute approximate surface area is 109 Å². The maximum absolute atomic E-state index is 12.0. The molecule has 0 aliphatic heterocycles. The SMILES string of the molecule is COCCCN(CCOC)C(=O)C1(N)CC1.Cl. The minimum Gasteiger partial charge on any atom is -0.385 e. The van der Waals surface area contributed by atoms with E-state index in [2.05, 4.69) is 0 Å². The van der Waals surface area contributed by atoms with Crippen molar-refractivity contribution in [3.63, 3.8) is 0 Å². The highest BCUT2D eigenvalue weighted by molar-refractivity contribution is 5.89. The van der Waals surface area contributed by atoms with E-state index in [1.54, 1.807) is 19.1 Å². The Morgan fingerprint density at radius 3 is 2.29 bits per heavy atom. The normalized spacial score (nSPS) is 16.2. The predicted octanol–water partition coefficient (Wildman–Crippen LogP) is 0.411. The Morgan fingerprint density at radius 2 is 1.82 bits per heavy atom. The van der Waals surface area contributed by atoms with E-state index in [-0.39, 0.29) is 18.3 Å². The van der Waals surface area contributed by atoms with Crippen LogP contribution in [0.25, 0.3) is 0 Å². The molecule has 0 atom stereocenters. The van der Waals surface area contributed by atoms with E-state index in [4.69, 9.17) is 15.2 Å². The smallest absolute Gasteiger partial charge is 0.242 e. The van der Waals surface area contributed by atoms with E-state index in [0.29, 0.717) is 26.3 Å². The van der Waals surface area contributed by atoms with E-state index in [1.165, 1.54) is 0 Å². The lowest BCUT2D eigenvalue weighted by Crippen LogP contribution is -2.47. The molecule has 0 aromatic heterocycles. The number of ether oxygens (including phenoxy) is 2. The maximum atomic E-state index is 12.0. The first-order chi connectivity index (χ1) is 7.64. The summed E-state index contributed by atoms with van der Waals surface area (Å²) in [7, 11) is 3.29. The lowest BCUT2D eigenvalue weighted by Gasteiger charge is -2.25. The molecule has 0 radical (unpaired) electrons. The lowest BCUT2D eigenvalue weighted by molar-refractivity contribution is -0.134. The van der Waals surface area contributed by atoms with Gasteiger partial charge in [0.1, 0.15) is 0 Å². The number of hydrogen-bond acceptors (Lipinski definition) is 4. The monoisotopic (exact) mass is 266 g/mol. The van der Waals surface area contributed by atoms with Gasteiger partial charge in [-0.05, 0) is 19.3 Å². The molecule has 102 valence electrons. The van der Waals surface area contributed by atoms with Crippen LogP contribution in [0.3, 0.4) is 0 Å². The highest BCUT2D eigenvalue weighted by Crippen LogP contribution is 2.34. The standard InChI is InChI=1S/C11H22N2O3.ClH/c1-15-8-3-6-13(7-9-16-2)10(14)11(12)4-5-11;/h3-9,12H2,1-2H3;1H. The second kappa shape index (κ2) is 7.87. The Kier molecular flexibility index (Phi) is 7.70. The second-order valence-corrected chi connectivity index (χ2v) is 4.29. The Bertz CT molecular complexity index is 235. The van der Waals surface area contributed by atoms with Crippen LogP contribution in [0.5, 0.6) is 0 Å². The van der Waals surface area contributed by atoms with E-state index >= 15 is 0 Å². The zero-order valence-corrected chi connectivity index (χ0v) is 11.4. The largest absolute Gasteiger partial charge is 0.385 e. The van der Waals surface area contributed by atoms with Gasteiger partial charge in [-0.1, -0.05) is 0 Å². The van der Waals surface area contributed by atoms with Gasteiger partial charge in [-0.25, -0.2) is 0 Å². The van der Waals surface area contributed by atoms with Crippen molar-refractivity contribution >= 4 is 18.3 Å². The van der Waals surface area contributed by atoms with Crippen LogP contribution in [0.2, 0.25) is 0 Å². The summed E-state index contributed by atoms with van der Waals surface area (Å²) in [6.45, 7) is 2.51. The molecule has 2 N–H and O–H groups in total. The third-order valence-corrected chi connectivity index (χ3v) is 2.84. The number of amides is 1. The third kappa shape index (κ3) is 5.21. The van der Waals surface area contributed by atoms with Crippen molar-refractivity contribution in [2.75, 3.05) is 40.5 Å². The van der Waals surface area contributed by atoms with E-state index in [1.807, 2.05) is 0 Å². The van der Waals surface area contributed by atoms with Gasteiger partial charge in [-0.3, -0.25) is 4.79 Å². The maximum Gasteiger partial charge on any atom is 0.242 e. The van der Waals surface area contributed by atoms with E-state index < -0.39 is 5.54 Å². The van der Waals surface area contributed by atoms with Gasteiger partial charge in [0, 0.05) is 33.9 Å². The quantitative estimate of drug-likeness (QED) is 0.647. The zero-order valence-electron chi connectivity index (χ0n) is 10.6. The molecular weight excluding hydrogens is 244 g/mol. The van der Waals surface area contributed by atoms with Crippen LogP contribution in [0, 0.1) is 0 Å². The van der Waals surface area contributed by atoms with Crippen molar-refractivity contribution < 1.29 is 14.3 Å². The predicted molar refractivity (Wildman–Crippen MR) is 68.3 cm³/mol. The summed E-state index contributed by atoms with van der Waals surface area (Å²) in [6, 6.07) is 0. The molecule has 6 heteroatoms. The van der Waals surface area contributed by atoms with Gasteiger partial charge in [0.15, 0.2) is 0 Å². The fourth-order valence-corrected chi connectivity index (χ4v) is 1.58. The Balaban J connectivity index is 0.00000256. The van der Waals surface area contributed by atoms with Gasteiger partial charge in [-0.2, -0.15) is 0 Å². The molecule has 1 aliphatic carbocycles. The number of halogens is 1.